The van der Waals surface area contributed by atoms with Gasteiger partial charge in [-0.1, -0.05) is 11.8 Å². The number of thioether (sulfide) groups is 1. The van der Waals surface area contributed by atoms with Gasteiger partial charge in [-0.05, 0) is 30.7 Å². The van der Waals surface area contributed by atoms with Gasteiger partial charge in [0.2, 0.25) is 11.8 Å². The van der Waals surface area contributed by atoms with E-state index in [1.807, 2.05) is 0 Å². The van der Waals surface area contributed by atoms with E-state index >= 15 is 0 Å². The summed E-state index contributed by atoms with van der Waals surface area (Å²) < 4.78 is 5.48. The van der Waals surface area contributed by atoms with Crippen LogP contribution in [0.15, 0.2) is 52.4 Å². The molecule has 0 aliphatic heterocycles. The van der Waals surface area contributed by atoms with Gasteiger partial charge in [0.1, 0.15) is 0 Å². The van der Waals surface area contributed by atoms with Crippen molar-refractivity contribution in [2.24, 2.45) is 0 Å². The summed E-state index contributed by atoms with van der Waals surface area (Å²) in [7, 11) is 0. The van der Waals surface area contributed by atoms with Crippen molar-refractivity contribution in [1.82, 2.24) is 15.2 Å². The lowest BCUT2D eigenvalue weighted by atomic mass is 10.2. The van der Waals surface area contributed by atoms with Gasteiger partial charge in [0.15, 0.2) is 0 Å². The van der Waals surface area contributed by atoms with E-state index in [1.54, 1.807) is 31.5 Å². The van der Waals surface area contributed by atoms with Gasteiger partial charge in [0.25, 0.3) is 10.9 Å². The number of carbonyl (C=O) groups is 1. The van der Waals surface area contributed by atoms with Crippen LogP contribution < -0.4 is 5.32 Å². The van der Waals surface area contributed by atoms with E-state index in [0.717, 1.165) is 11.8 Å². The largest absolute Gasteiger partial charge is 0.411 e. The number of anilines is 1. The number of aromatic nitrogens is 3. The Labute approximate surface area is 152 Å². The molecule has 0 atom stereocenters. The summed E-state index contributed by atoms with van der Waals surface area (Å²) >= 11 is 1.10. The highest BCUT2D eigenvalue weighted by molar-refractivity contribution is 7.99. The monoisotopic (exact) mass is 371 g/mol. The highest BCUT2D eigenvalue weighted by Crippen LogP contribution is 2.24. The third-order valence-electron chi connectivity index (χ3n) is 3.34. The molecular formula is C16H13N5O4S. The number of nitro benzene ring substituents is 1. The summed E-state index contributed by atoms with van der Waals surface area (Å²) in [6.07, 6.45) is 3.24. The molecule has 3 aromatic rings. The number of hydrogen-bond acceptors (Lipinski definition) is 8. The third kappa shape index (κ3) is 4.22. The molecule has 0 radical (unpaired) electrons. The zero-order valence-electron chi connectivity index (χ0n) is 13.6. The second-order valence-corrected chi connectivity index (χ2v) is 6.13. The molecule has 2 heterocycles. The lowest BCUT2D eigenvalue weighted by Gasteiger charge is -2.07. The van der Waals surface area contributed by atoms with Gasteiger partial charge in [0, 0.05) is 30.2 Å². The van der Waals surface area contributed by atoms with E-state index in [9.17, 15) is 14.9 Å². The predicted octanol–water partition coefficient (Wildman–Crippen LogP) is 3.08. The van der Waals surface area contributed by atoms with Crippen LogP contribution in [-0.2, 0) is 4.79 Å². The van der Waals surface area contributed by atoms with Crippen LogP contribution in [0.2, 0.25) is 0 Å². The number of amides is 1. The second-order valence-electron chi connectivity index (χ2n) is 5.21. The number of nitro groups is 1. The molecule has 0 bridgehead atoms. The summed E-state index contributed by atoms with van der Waals surface area (Å²) in [5.41, 5.74) is 1.79. The Kier molecular flexibility index (Phi) is 5.23. The highest BCUT2D eigenvalue weighted by atomic mass is 32.2. The molecule has 0 spiro atoms. The Balaban J connectivity index is 1.58. The lowest BCUT2D eigenvalue weighted by molar-refractivity contribution is -0.384. The van der Waals surface area contributed by atoms with E-state index in [1.165, 1.54) is 18.2 Å². The van der Waals surface area contributed by atoms with Gasteiger partial charge in [-0.2, -0.15) is 0 Å². The Morgan fingerprint density at radius 1 is 1.35 bits per heavy atom. The number of nitrogens with one attached hydrogen (secondary N) is 1. The van der Waals surface area contributed by atoms with E-state index in [0.29, 0.717) is 22.7 Å². The average Bonchev–Trinajstić information content (AvgIpc) is 3.11. The summed E-state index contributed by atoms with van der Waals surface area (Å²) in [6.45, 7) is 1.69. The fourth-order valence-electron chi connectivity index (χ4n) is 2.09. The molecule has 3 rings (SSSR count). The van der Waals surface area contributed by atoms with Crippen molar-refractivity contribution in [2.75, 3.05) is 11.1 Å². The van der Waals surface area contributed by atoms with Gasteiger partial charge >= 0.3 is 0 Å². The molecule has 0 aliphatic rings. The lowest BCUT2D eigenvalue weighted by Crippen LogP contribution is -2.14. The highest BCUT2D eigenvalue weighted by Gasteiger charge is 2.13. The van der Waals surface area contributed by atoms with Crippen LogP contribution in [0.1, 0.15) is 5.56 Å². The van der Waals surface area contributed by atoms with Crippen LogP contribution in [0.3, 0.4) is 0 Å². The first-order chi connectivity index (χ1) is 12.5. The van der Waals surface area contributed by atoms with E-state index in [2.05, 4.69) is 20.5 Å². The maximum Gasteiger partial charge on any atom is 0.277 e. The van der Waals surface area contributed by atoms with Crippen LogP contribution in [0.25, 0.3) is 11.5 Å². The maximum absolute atomic E-state index is 12.1. The van der Waals surface area contributed by atoms with E-state index < -0.39 is 4.92 Å². The van der Waals surface area contributed by atoms with Crippen LogP contribution in [-0.4, -0.2) is 31.8 Å². The van der Waals surface area contributed by atoms with Gasteiger partial charge in [-0.15, -0.1) is 10.2 Å². The maximum atomic E-state index is 12.1. The Morgan fingerprint density at radius 2 is 2.19 bits per heavy atom. The van der Waals surface area contributed by atoms with Gasteiger partial charge in [-0.25, -0.2) is 0 Å². The number of rotatable bonds is 6. The first-order valence-electron chi connectivity index (χ1n) is 7.44. The quantitative estimate of drug-likeness (QED) is 0.398. The van der Waals surface area contributed by atoms with Crippen molar-refractivity contribution in [3.63, 3.8) is 0 Å². The number of aryl methyl sites for hydroxylation is 1. The standard InChI is InChI=1S/C16H13N5O4S/c1-10-7-12(21(23)24)4-5-13(10)18-14(22)9-26-16-20-19-15(25-16)11-3-2-6-17-8-11/h2-8H,9H2,1H3,(H,18,22). The molecule has 1 aromatic carbocycles. The number of benzene rings is 1. The fourth-order valence-corrected chi connectivity index (χ4v) is 2.65. The first-order valence-corrected chi connectivity index (χ1v) is 8.43. The molecule has 2 aromatic heterocycles. The van der Waals surface area contributed by atoms with Crippen LogP contribution in [0.4, 0.5) is 11.4 Å². The number of pyridine rings is 1. The molecule has 0 unspecified atom stereocenters. The molecule has 132 valence electrons. The molecule has 0 aliphatic carbocycles. The number of hydrogen-bond donors (Lipinski definition) is 1. The van der Waals surface area contributed by atoms with Gasteiger partial charge in [-0.3, -0.25) is 19.9 Å². The fraction of sp³-hybridized carbons (Fsp3) is 0.125. The SMILES string of the molecule is Cc1cc([N+](=O)[O-])ccc1NC(=O)CSc1nnc(-c2cccnc2)o1. The van der Waals surface area contributed by atoms with Crippen molar-refractivity contribution in [3.05, 3.63) is 58.4 Å². The van der Waals surface area contributed by atoms with Gasteiger partial charge in [0.05, 0.1) is 16.2 Å². The Morgan fingerprint density at radius 3 is 2.88 bits per heavy atom. The minimum atomic E-state index is -0.482. The third-order valence-corrected chi connectivity index (χ3v) is 4.16. The minimum Gasteiger partial charge on any atom is -0.411 e. The van der Waals surface area contributed by atoms with Crippen molar-refractivity contribution >= 4 is 29.0 Å². The average molecular weight is 371 g/mol. The van der Waals surface area contributed by atoms with Crippen molar-refractivity contribution in [1.29, 1.82) is 0 Å². The van der Waals surface area contributed by atoms with Crippen molar-refractivity contribution in [3.8, 4) is 11.5 Å². The molecule has 0 saturated carbocycles. The normalized spacial score (nSPS) is 10.5. The zero-order chi connectivity index (χ0) is 18.5. The van der Waals surface area contributed by atoms with Crippen LogP contribution >= 0.6 is 11.8 Å². The molecular weight excluding hydrogens is 358 g/mol. The molecule has 0 fully saturated rings. The minimum absolute atomic E-state index is 0.0244. The number of non-ortho nitro benzene ring substituents is 1. The Bertz CT molecular complexity index is 945. The molecule has 1 amide bonds. The van der Waals surface area contributed by atoms with E-state index in [4.69, 9.17) is 4.42 Å². The molecule has 10 heteroatoms. The topological polar surface area (TPSA) is 124 Å². The first kappa shape index (κ1) is 17.5. The number of carbonyl (C=O) groups excluding carboxylic acids is 1. The van der Waals surface area contributed by atoms with E-state index in [-0.39, 0.29) is 22.6 Å². The van der Waals surface area contributed by atoms with Crippen LogP contribution in [0, 0.1) is 17.0 Å². The predicted molar refractivity (Wildman–Crippen MR) is 94.7 cm³/mol. The molecule has 1 N–H and O–H groups in total. The summed E-state index contributed by atoms with van der Waals surface area (Å²) in [5.74, 6) is 0.103. The second kappa shape index (κ2) is 7.74. The summed E-state index contributed by atoms with van der Waals surface area (Å²) in [5, 5.41) is 21.5. The molecule has 9 nitrogen and oxygen atoms in total. The smallest absolute Gasteiger partial charge is 0.277 e. The molecule has 0 saturated heterocycles. The molecule has 26 heavy (non-hydrogen) atoms. The number of nitrogens with zero attached hydrogens (tertiary/aromatic N) is 4. The van der Waals surface area contributed by atoms with Crippen LogP contribution in [0.5, 0.6) is 0 Å². The zero-order valence-corrected chi connectivity index (χ0v) is 14.4. The van der Waals surface area contributed by atoms with Crippen molar-refractivity contribution < 1.29 is 14.1 Å². The van der Waals surface area contributed by atoms with Crippen molar-refractivity contribution in [2.45, 2.75) is 12.1 Å². The Hall–Kier alpha value is -3.27. The summed E-state index contributed by atoms with van der Waals surface area (Å²) in [4.78, 5) is 26.3. The summed E-state index contributed by atoms with van der Waals surface area (Å²) in [6, 6.07) is 7.80. The van der Waals surface area contributed by atoms with Gasteiger partial charge < -0.3 is 9.73 Å².